The zero-order chi connectivity index (χ0) is 42.7. The second kappa shape index (κ2) is 17.4. The summed E-state index contributed by atoms with van der Waals surface area (Å²) < 4.78 is 0. The van der Waals surface area contributed by atoms with Gasteiger partial charge in [0.25, 0.3) is 0 Å². The lowest BCUT2D eigenvalue weighted by atomic mass is 9.82. The molecule has 61 heavy (non-hydrogen) atoms. The van der Waals surface area contributed by atoms with E-state index in [1.807, 2.05) is 11.3 Å². The van der Waals surface area contributed by atoms with Gasteiger partial charge in [0, 0.05) is 54.9 Å². The smallest absolute Gasteiger partial charge is 0.0464 e. The van der Waals surface area contributed by atoms with Crippen LogP contribution in [0.5, 0.6) is 0 Å². The Labute approximate surface area is 368 Å². The fourth-order valence-corrected chi connectivity index (χ4v) is 9.73. The quantitative estimate of drug-likeness (QED) is 0.114. The molecule has 0 atom stereocenters. The first kappa shape index (κ1) is 41.6. The molecule has 0 saturated carbocycles. The third-order valence-corrected chi connectivity index (χ3v) is 13.9. The lowest BCUT2D eigenvalue weighted by Crippen LogP contribution is -2.40. The molecule has 0 fully saturated rings. The van der Waals surface area contributed by atoms with Gasteiger partial charge >= 0.3 is 0 Å². The van der Waals surface area contributed by atoms with Crippen LogP contribution >= 0.6 is 11.3 Å². The summed E-state index contributed by atoms with van der Waals surface area (Å²) in [4.78, 5) is 7.43. The summed E-state index contributed by atoms with van der Waals surface area (Å²) in [7, 11) is 0. The molecule has 0 aliphatic carbocycles. The maximum absolute atomic E-state index is 2.49. The fourth-order valence-electron chi connectivity index (χ4n) is 8.38. The Morgan fingerprint density at radius 3 is 1.33 bits per heavy atom. The summed E-state index contributed by atoms with van der Waals surface area (Å²) >= 11 is 1.90. The Morgan fingerprint density at radius 1 is 0.410 bits per heavy atom. The van der Waals surface area contributed by atoms with Crippen molar-refractivity contribution >= 4 is 39.8 Å². The molecule has 8 rings (SSSR count). The molecule has 0 aliphatic heterocycles. The highest BCUT2D eigenvalue weighted by atomic mass is 32.1. The predicted molar refractivity (Wildman–Crippen MR) is 266 cm³/mol. The Hall–Kier alpha value is -6.16. The highest BCUT2D eigenvalue weighted by Gasteiger charge is 2.28. The van der Waals surface area contributed by atoms with E-state index in [-0.39, 0.29) is 11.0 Å². The first-order valence-electron chi connectivity index (χ1n) is 21.8. The summed E-state index contributed by atoms with van der Waals surface area (Å²) in [6.07, 6.45) is 2.11. The molecule has 1 aromatic heterocycles. The van der Waals surface area contributed by atoms with Crippen LogP contribution in [0.25, 0.3) is 43.1 Å². The molecule has 0 radical (unpaired) electrons. The van der Waals surface area contributed by atoms with E-state index in [9.17, 15) is 0 Å². The molecular formula is C58H58N2S. The van der Waals surface area contributed by atoms with E-state index in [4.69, 9.17) is 0 Å². The summed E-state index contributed by atoms with van der Waals surface area (Å²) in [6, 6.07) is 67.2. The van der Waals surface area contributed by atoms with Crippen molar-refractivity contribution in [3.63, 3.8) is 0 Å². The van der Waals surface area contributed by atoms with Crippen LogP contribution in [-0.4, -0.2) is 5.54 Å². The standard InChI is InChI=1S/C58H58N2S/c1-9-57(5,6)47-31-27-45(28-32-47)55-53(43-21-13-11-14-22-43)54(44-23-15-12-16-24-44)56(61-55)46-29-33-48(34-30-46)59(51-25-17-19-41(3)39-51)49-35-37-50(38-36-49)60(58(7,8)10-2)52-26-18-20-42(4)40-52/h11-40H,9-10H2,1-8H3. The van der Waals surface area contributed by atoms with E-state index < -0.39 is 0 Å². The van der Waals surface area contributed by atoms with Gasteiger partial charge < -0.3 is 9.80 Å². The van der Waals surface area contributed by atoms with Gasteiger partial charge in [0.2, 0.25) is 0 Å². The molecule has 3 heteroatoms. The van der Waals surface area contributed by atoms with Gasteiger partial charge in [-0.2, -0.15) is 0 Å². The van der Waals surface area contributed by atoms with Gasteiger partial charge in [0.05, 0.1) is 0 Å². The monoisotopic (exact) mass is 814 g/mol. The highest BCUT2D eigenvalue weighted by molar-refractivity contribution is 7.20. The Kier molecular flexibility index (Phi) is 11.9. The molecule has 0 saturated heterocycles. The maximum Gasteiger partial charge on any atom is 0.0464 e. The molecular weight excluding hydrogens is 757 g/mol. The molecule has 2 nitrogen and oxygen atoms in total. The minimum Gasteiger partial charge on any atom is -0.336 e. The predicted octanol–water partition coefficient (Wildman–Crippen LogP) is 17.5. The van der Waals surface area contributed by atoms with Gasteiger partial charge in [-0.1, -0.05) is 149 Å². The number of aryl methyl sites for hydroxylation is 2. The molecule has 0 spiro atoms. The Morgan fingerprint density at radius 2 is 0.852 bits per heavy atom. The summed E-state index contributed by atoms with van der Waals surface area (Å²) in [5.41, 5.74) is 17.1. The van der Waals surface area contributed by atoms with Crippen LogP contribution in [0.2, 0.25) is 0 Å². The lowest BCUT2D eigenvalue weighted by Gasteiger charge is -2.40. The SMILES string of the molecule is CCC(C)(C)c1ccc(-c2sc(-c3ccc(N(c4ccc(N(c5cccc(C)c5)C(C)(C)CC)cc4)c4cccc(C)c4)cc3)c(-c3ccccc3)c2-c2ccccc2)cc1. The third-order valence-electron chi connectivity index (χ3n) is 12.6. The topological polar surface area (TPSA) is 6.48 Å². The lowest BCUT2D eigenvalue weighted by molar-refractivity contribution is 0.488. The van der Waals surface area contributed by atoms with Crippen molar-refractivity contribution in [2.45, 2.75) is 79.2 Å². The third kappa shape index (κ3) is 8.58. The van der Waals surface area contributed by atoms with Gasteiger partial charge in [-0.3, -0.25) is 0 Å². The average Bonchev–Trinajstić information content (AvgIpc) is 3.69. The molecule has 1 heterocycles. The number of nitrogens with zero attached hydrogens (tertiary/aromatic N) is 2. The molecule has 0 amide bonds. The molecule has 306 valence electrons. The van der Waals surface area contributed by atoms with Gasteiger partial charge in [0.1, 0.15) is 0 Å². The number of anilines is 5. The van der Waals surface area contributed by atoms with Gasteiger partial charge in [-0.15, -0.1) is 11.3 Å². The summed E-state index contributed by atoms with van der Waals surface area (Å²) in [5, 5.41) is 0. The average molecular weight is 815 g/mol. The van der Waals surface area contributed by atoms with E-state index >= 15 is 0 Å². The highest BCUT2D eigenvalue weighted by Crippen LogP contribution is 2.52. The minimum absolute atomic E-state index is 0.0720. The van der Waals surface area contributed by atoms with Crippen LogP contribution in [0.1, 0.15) is 71.1 Å². The number of hydrogen-bond acceptors (Lipinski definition) is 3. The van der Waals surface area contributed by atoms with Crippen molar-refractivity contribution in [1.29, 1.82) is 0 Å². The number of thiophene rings is 1. The fraction of sp³-hybridized carbons (Fsp3) is 0.207. The first-order valence-corrected chi connectivity index (χ1v) is 22.6. The van der Waals surface area contributed by atoms with Crippen LogP contribution in [0.3, 0.4) is 0 Å². The van der Waals surface area contributed by atoms with Crippen LogP contribution < -0.4 is 9.80 Å². The summed E-state index contributed by atoms with van der Waals surface area (Å²) in [5.74, 6) is 0. The van der Waals surface area contributed by atoms with Crippen molar-refractivity contribution in [2.75, 3.05) is 9.80 Å². The van der Waals surface area contributed by atoms with Crippen LogP contribution in [0.4, 0.5) is 28.4 Å². The molecule has 8 aromatic rings. The second-order valence-electron chi connectivity index (χ2n) is 17.6. The number of rotatable bonds is 13. The van der Waals surface area contributed by atoms with Crippen LogP contribution in [0, 0.1) is 13.8 Å². The van der Waals surface area contributed by atoms with Crippen molar-refractivity contribution in [2.24, 2.45) is 0 Å². The summed E-state index contributed by atoms with van der Waals surface area (Å²) in [6.45, 7) is 18.2. The van der Waals surface area contributed by atoms with E-state index in [0.717, 1.165) is 29.9 Å². The van der Waals surface area contributed by atoms with E-state index in [1.54, 1.807) is 0 Å². The second-order valence-corrected chi connectivity index (χ2v) is 18.7. The van der Waals surface area contributed by atoms with Gasteiger partial charge in [-0.05, 0) is 146 Å². The van der Waals surface area contributed by atoms with E-state index in [0.29, 0.717) is 0 Å². The van der Waals surface area contributed by atoms with Crippen LogP contribution in [0.15, 0.2) is 182 Å². The zero-order valence-corrected chi connectivity index (χ0v) is 37.9. The number of benzene rings is 7. The van der Waals surface area contributed by atoms with Crippen LogP contribution in [-0.2, 0) is 5.41 Å². The van der Waals surface area contributed by atoms with Crippen molar-refractivity contribution in [3.05, 3.63) is 199 Å². The molecule has 0 aliphatic rings. The molecule has 0 N–H and O–H groups in total. The van der Waals surface area contributed by atoms with Crippen molar-refractivity contribution in [3.8, 4) is 43.1 Å². The Balaban J connectivity index is 1.25. The largest absolute Gasteiger partial charge is 0.336 e. The zero-order valence-electron chi connectivity index (χ0n) is 37.0. The normalized spacial score (nSPS) is 11.7. The molecule has 0 unspecified atom stereocenters. The molecule has 0 bridgehead atoms. The van der Waals surface area contributed by atoms with Crippen molar-refractivity contribution < 1.29 is 0 Å². The van der Waals surface area contributed by atoms with Crippen molar-refractivity contribution in [1.82, 2.24) is 0 Å². The number of hydrogen-bond donors (Lipinski definition) is 0. The van der Waals surface area contributed by atoms with Gasteiger partial charge in [0.15, 0.2) is 0 Å². The first-order chi connectivity index (χ1) is 29.5. The van der Waals surface area contributed by atoms with Gasteiger partial charge in [-0.25, -0.2) is 0 Å². The minimum atomic E-state index is -0.0720. The Bertz CT molecular complexity index is 2710. The van der Waals surface area contributed by atoms with E-state index in [1.165, 1.54) is 71.2 Å². The van der Waals surface area contributed by atoms with E-state index in [2.05, 4.69) is 247 Å². The maximum atomic E-state index is 2.49. The molecule has 7 aromatic carbocycles.